The second kappa shape index (κ2) is 8.22. The number of hydrogen-bond donors (Lipinski definition) is 2. The Morgan fingerprint density at radius 2 is 1.67 bits per heavy atom. The van der Waals surface area contributed by atoms with Gasteiger partial charge in [0.05, 0.1) is 5.92 Å². The van der Waals surface area contributed by atoms with Crippen LogP contribution in [0.3, 0.4) is 0 Å². The Labute approximate surface area is 147 Å². The van der Waals surface area contributed by atoms with Gasteiger partial charge in [0.25, 0.3) is 0 Å². The molecule has 1 atom stereocenters. The third kappa shape index (κ3) is 5.28. The number of thioether (sulfide) groups is 1. The Hall–Kier alpha value is -1.98. The van der Waals surface area contributed by atoms with Crippen LogP contribution in [-0.2, 0) is 4.79 Å². The van der Waals surface area contributed by atoms with Gasteiger partial charge in [-0.1, -0.05) is 39.0 Å². The fourth-order valence-electron chi connectivity index (χ4n) is 2.20. The Balaban J connectivity index is 1.97. The summed E-state index contributed by atoms with van der Waals surface area (Å²) in [6.07, 6.45) is 0. The minimum absolute atomic E-state index is 0.226. The van der Waals surface area contributed by atoms with Crippen molar-refractivity contribution in [3.05, 3.63) is 54.6 Å². The number of amides is 1. The largest absolute Gasteiger partial charge is 0.457 e. The van der Waals surface area contributed by atoms with Gasteiger partial charge in [-0.2, -0.15) is 0 Å². The minimum atomic E-state index is -0.348. The lowest BCUT2D eigenvalue weighted by atomic mass is 9.81. The van der Waals surface area contributed by atoms with E-state index >= 15 is 0 Å². The topological polar surface area (TPSA) is 58.6 Å². The number of hydrogen-bond acceptors (Lipinski definition) is 4. The summed E-state index contributed by atoms with van der Waals surface area (Å²) >= 11 is 1.59. The maximum absolute atomic E-state index is 11.8. The van der Waals surface area contributed by atoms with E-state index in [0.717, 1.165) is 16.4 Å². The Morgan fingerprint density at radius 3 is 2.21 bits per heavy atom. The van der Waals surface area contributed by atoms with Gasteiger partial charge >= 0.3 is 0 Å². The number of nitrogens with one attached hydrogen (secondary N) is 1. The summed E-state index contributed by atoms with van der Waals surface area (Å²) in [5.41, 5.74) is 1.55. The number of rotatable bonds is 6. The first kappa shape index (κ1) is 18.4. The molecule has 0 aliphatic rings. The maximum atomic E-state index is 11.8. The molecular weight excluding hydrogens is 322 g/mol. The van der Waals surface area contributed by atoms with E-state index in [-0.39, 0.29) is 17.2 Å². The van der Waals surface area contributed by atoms with Crippen molar-refractivity contribution in [2.24, 2.45) is 11.3 Å². The fraction of sp³-hybridized carbons (Fsp3) is 0.316. The van der Waals surface area contributed by atoms with E-state index in [9.17, 15) is 4.79 Å². The van der Waals surface area contributed by atoms with Crippen molar-refractivity contribution in [1.29, 1.82) is 0 Å². The number of benzene rings is 2. The summed E-state index contributed by atoms with van der Waals surface area (Å²) < 4.78 is 5.76. The molecule has 0 heterocycles. The van der Waals surface area contributed by atoms with Crippen molar-refractivity contribution in [3.63, 3.8) is 0 Å². The molecule has 4 nitrogen and oxygen atoms in total. The predicted octanol–water partition coefficient (Wildman–Crippen LogP) is 4.74. The quantitative estimate of drug-likeness (QED) is 0.451. The normalized spacial score (nSPS) is 12.5. The molecule has 2 rings (SSSR count). The van der Waals surface area contributed by atoms with Crippen molar-refractivity contribution in [2.75, 3.05) is 5.75 Å². The Morgan fingerprint density at radius 1 is 1.08 bits per heavy atom. The van der Waals surface area contributed by atoms with Gasteiger partial charge < -0.3 is 4.74 Å². The van der Waals surface area contributed by atoms with Crippen LogP contribution >= 0.6 is 11.8 Å². The molecule has 0 bridgehead atoms. The maximum Gasteiger partial charge on any atom is 0.247 e. The molecule has 0 aromatic heterocycles. The molecular formula is C19H23NO3S. The molecule has 0 saturated carbocycles. The Bertz CT molecular complexity index is 651. The summed E-state index contributed by atoms with van der Waals surface area (Å²) in [5.74, 6) is 1.53. The van der Waals surface area contributed by atoms with Crippen molar-refractivity contribution in [2.45, 2.75) is 25.7 Å². The first-order valence-corrected chi connectivity index (χ1v) is 8.78. The van der Waals surface area contributed by atoms with Gasteiger partial charge in [0.2, 0.25) is 5.91 Å². The minimum Gasteiger partial charge on any atom is -0.457 e. The van der Waals surface area contributed by atoms with Crippen molar-refractivity contribution < 1.29 is 14.7 Å². The fourth-order valence-corrected chi connectivity index (χ4v) is 3.54. The van der Waals surface area contributed by atoms with Crippen LogP contribution in [0, 0.1) is 11.3 Å². The standard InChI is InChI=1S/C19H23NO3S/c1-19(2,3)17(18(21)20-22)13-24-16-11-9-15(10-12-16)23-14-7-5-4-6-8-14/h4-12,17,22H,13H2,1-3H3,(H,20,21). The molecule has 2 aromatic carbocycles. The van der Waals surface area contributed by atoms with Crippen LogP contribution in [0.25, 0.3) is 0 Å². The van der Waals surface area contributed by atoms with Crippen LogP contribution < -0.4 is 10.2 Å². The van der Waals surface area contributed by atoms with E-state index in [4.69, 9.17) is 9.94 Å². The highest BCUT2D eigenvalue weighted by Gasteiger charge is 2.31. The Kier molecular flexibility index (Phi) is 6.29. The molecule has 0 aliphatic carbocycles. The summed E-state index contributed by atoms with van der Waals surface area (Å²) in [6, 6.07) is 17.4. The van der Waals surface area contributed by atoms with E-state index < -0.39 is 0 Å². The van der Waals surface area contributed by atoms with E-state index in [0.29, 0.717) is 5.75 Å². The molecule has 0 saturated heterocycles. The molecule has 0 radical (unpaired) electrons. The van der Waals surface area contributed by atoms with Gasteiger partial charge in [-0.3, -0.25) is 10.0 Å². The molecule has 1 amide bonds. The second-order valence-electron chi connectivity index (χ2n) is 6.59. The van der Waals surface area contributed by atoms with Crippen molar-refractivity contribution in [1.82, 2.24) is 5.48 Å². The first-order valence-electron chi connectivity index (χ1n) is 7.80. The molecule has 2 aromatic rings. The summed E-state index contributed by atoms with van der Waals surface area (Å²) in [4.78, 5) is 12.9. The van der Waals surface area contributed by atoms with Crippen molar-refractivity contribution in [3.8, 4) is 11.5 Å². The third-order valence-corrected chi connectivity index (χ3v) is 4.80. The number of carbonyl (C=O) groups is 1. The molecule has 2 N–H and O–H groups in total. The lowest BCUT2D eigenvalue weighted by molar-refractivity contribution is -0.135. The van der Waals surface area contributed by atoms with Crippen LogP contribution in [0.4, 0.5) is 0 Å². The van der Waals surface area contributed by atoms with E-state index in [1.54, 1.807) is 17.2 Å². The molecule has 0 fully saturated rings. The summed E-state index contributed by atoms with van der Waals surface area (Å²) in [5, 5.41) is 8.92. The highest BCUT2D eigenvalue weighted by Crippen LogP contribution is 2.33. The van der Waals surface area contributed by atoms with Gasteiger partial charge in [-0.05, 0) is 41.8 Å². The van der Waals surface area contributed by atoms with Gasteiger partial charge in [-0.15, -0.1) is 11.8 Å². The SMILES string of the molecule is CC(C)(C)C(CSc1ccc(Oc2ccccc2)cc1)C(=O)NO. The smallest absolute Gasteiger partial charge is 0.247 e. The molecule has 0 spiro atoms. The average Bonchev–Trinajstić information content (AvgIpc) is 2.56. The van der Waals surface area contributed by atoms with Gasteiger partial charge in [0, 0.05) is 10.6 Å². The predicted molar refractivity (Wildman–Crippen MR) is 96.6 cm³/mol. The van der Waals surface area contributed by atoms with E-state index in [1.807, 2.05) is 75.4 Å². The summed E-state index contributed by atoms with van der Waals surface area (Å²) in [6.45, 7) is 5.97. The zero-order valence-corrected chi connectivity index (χ0v) is 15.0. The molecule has 0 aliphatic heterocycles. The third-order valence-electron chi connectivity index (χ3n) is 3.69. The van der Waals surface area contributed by atoms with Crippen LogP contribution in [0.2, 0.25) is 0 Å². The highest BCUT2D eigenvalue weighted by molar-refractivity contribution is 7.99. The highest BCUT2D eigenvalue weighted by atomic mass is 32.2. The zero-order valence-electron chi connectivity index (χ0n) is 14.2. The number of para-hydroxylation sites is 1. The van der Waals surface area contributed by atoms with E-state index in [1.165, 1.54) is 0 Å². The summed E-state index contributed by atoms with van der Waals surface area (Å²) in [7, 11) is 0. The van der Waals surface area contributed by atoms with Gasteiger partial charge in [0.1, 0.15) is 11.5 Å². The molecule has 1 unspecified atom stereocenters. The lowest BCUT2D eigenvalue weighted by Gasteiger charge is -2.28. The monoisotopic (exact) mass is 345 g/mol. The second-order valence-corrected chi connectivity index (χ2v) is 7.69. The van der Waals surface area contributed by atoms with Gasteiger partial charge in [-0.25, -0.2) is 5.48 Å². The number of ether oxygens (including phenoxy) is 1. The van der Waals surface area contributed by atoms with Crippen LogP contribution in [0.15, 0.2) is 59.5 Å². The van der Waals surface area contributed by atoms with Crippen LogP contribution in [0.1, 0.15) is 20.8 Å². The van der Waals surface area contributed by atoms with Crippen LogP contribution in [0.5, 0.6) is 11.5 Å². The average molecular weight is 345 g/mol. The number of hydroxylamine groups is 1. The molecule has 128 valence electrons. The molecule has 5 heteroatoms. The van der Waals surface area contributed by atoms with Gasteiger partial charge in [0.15, 0.2) is 0 Å². The van der Waals surface area contributed by atoms with Crippen molar-refractivity contribution >= 4 is 17.7 Å². The first-order chi connectivity index (χ1) is 11.4. The zero-order chi connectivity index (χ0) is 17.6. The molecule has 24 heavy (non-hydrogen) atoms. The lowest BCUT2D eigenvalue weighted by Crippen LogP contribution is -2.38. The van der Waals surface area contributed by atoms with Crippen LogP contribution in [-0.4, -0.2) is 16.9 Å². The number of carbonyl (C=O) groups excluding carboxylic acids is 1. The van der Waals surface area contributed by atoms with E-state index in [2.05, 4.69) is 0 Å².